The number of benzene rings is 1. The Bertz CT molecular complexity index is 504. The van der Waals surface area contributed by atoms with Crippen molar-refractivity contribution in [2.24, 2.45) is 0 Å². The van der Waals surface area contributed by atoms with E-state index in [1.807, 2.05) is 0 Å². The van der Waals surface area contributed by atoms with Gasteiger partial charge < -0.3 is 10.1 Å². The predicted molar refractivity (Wildman–Crippen MR) is 78.1 cm³/mol. The first-order chi connectivity index (χ1) is 10.0. The fourth-order valence-electron chi connectivity index (χ4n) is 1.40. The maximum absolute atomic E-state index is 11.5. The number of nitrogens with one attached hydrogen (secondary N) is 1. The fraction of sp³-hybridized carbons (Fsp3) is 0.385. The van der Waals surface area contributed by atoms with Gasteiger partial charge in [0.2, 0.25) is 5.91 Å². The molecule has 0 aromatic heterocycles. The molecule has 1 aromatic carbocycles. The van der Waals surface area contributed by atoms with E-state index in [4.69, 9.17) is 4.74 Å². The van der Waals surface area contributed by atoms with E-state index < -0.39 is 4.92 Å². The Labute approximate surface area is 126 Å². The first-order valence-corrected chi connectivity index (χ1v) is 7.31. The van der Waals surface area contributed by atoms with Crippen LogP contribution in [-0.2, 0) is 14.3 Å². The van der Waals surface area contributed by atoms with Crippen molar-refractivity contribution >= 4 is 29.3 Å². The van der Waals surface area contributed by atoms with Crippen molar-refractivity contribution in [1.82, 2.24) is 5.32 Å². The molecule has 0 bridgehead atoms. The largest absolute Gasteiger partial charge is 0.466 e. The number of rotatable bonds is 8. The van der Waals surface area contributed by atoms with Gasteiger partial charge in [-0.3, -0.25) is 19.7 Å². The molecule has 0 spiro atoms. The highest BCUT2D eigenvalue weighted by Gasteiger charge is 2.07. The molecule has 0 radical (unpaired) electrons. The van der Waals surface area contributed by atoms with E-state index in [2.05, 4.69) is 5.32 Å². The summed E-state index contributed by atoms with van der Waals surface area (Å²) in [6.07, 6.45) is 0.141. The van der Waals surface area contributed by atoms with Crippen molar-refractivity contribution in [3.8, 4) is 0 Å². The Balaban J connectivity index is 2.26. The Kier molecular flexibility index (Phi) is 7.24. The van der Waals surface area contributed by atoms with Crippen LogP contribution in [0.4, 0.5) is 5.69 Å². The highest BCUT2D eigenvalue weighted by atomic mass is 32.2. The van der Waals surface area contributed by atoms with Crippen LogP contribution < -0.4 is 5.32 Å². The highest BCUT2D eigenvalue weighted by Crippen LogP contribution is 2.20. The Morgan fingerprint density at radius 3 is 2.57 bits per heavy atom. The van der Waals surface area contributed by atoms with Gasteiger partial charge in [0.25, 0.3) is 5.69 Å². The molecule has 0 heterocycles. The molecule has 0 saturated carbocycles. The van der Waals surface area contributed by atoms with Crippen LogP contribution >= 0.6 is 11.8 Å². The third-order valence-corrected chi connectivity index (χ3v) is 3.39. The normalized spacial score (nSPS) is 9.95. The molecule has 7 nitrogen and oxygen atoms in total. The summed E-state index contributed by atoms with van der Waals surface area (Å²) < 4.78 is 4.73. The van der Waals surface area contributed by atoms with E-state index >= 15 is 0 Å². The monoisotopic (exact) mass is 312 g/mol. The zero-order chi connectivity index (χ0) is 15.7. The number of ether oxygens (including phenoxy) is 1. The van der Waals surface area contributed by atoms with Gasteiger partial charge in [-0.2, -0.15) is 0 Å². The van der Waals surface area contributed by atoms with Crippen molar-refractivity contribution in [3.05, 3.63) is 34.4 Å². The van der Waals surface area contributed by atoms with Crippen molar-refractivity contribution in [3.63, 3.8) is 0 Å². The van der Waals surface area contributed by atoms with Gasteiger partial charge >= 0.3 is 5.97 Å². The number of nitrogens with zero attached hydrogens (tertiary/aromatic N) is 1. The van der Waals surface area contributed by atoms with Gasteiger partial charge in [-0.15, -0.1) is 11.8 Å². The van der Waals surface area contributed by atoms with E-state index in [9.17, 15) is 19.7 Å². The molecule has 0 fully saturated rings. The lowest BCUT2D eigenvalue weighted by atomic mass is 10.3. The van der Waals surface area contributed by atoms with Crippen molar-refractivity contribution in [2.45, 2.75) is 18.2 Å². The number of esters is 1. The maximum atomic E-state index is 11.5. The molecule has 1 amide bonds. The molecular formula is C13H16N2O5S. The lowest BCUT2D eigenvalue weighted by Crippen LogP contribution is -2.28. The van der Waals surface area contributed by atoms with Gasteiger partial charge in [-0.05, 0) is 19.1 Å². The number of hydrogen-bond acceptors (Lipinski definition) is 6. The molecule has 21 heavy (non-hydrogen) atoms. The number of carbonyl (C=O) groups is 2. The van der Waals surface area contributed by atoms with Crippen LogP contribution in [0.25, 0.3) is 0 Å². The standard InChI is InChI=1S/C13H16N2O5S/c1-2-20-13(17)7-8-14-12(16)9-21-11-5-3-10(4-6-11)15(18)19/h3-6H,2,7-9H2,1H3,(H,14,16). The molecule has 0 aliphatic rings. The third kappa shape index (κ3) is 6.75. The van der Waals surface area contributed by atoms with Crippen LogP contribution in [0.5, 0.6) is 0 Å². The molecule has 0 atom stereocenters. The lowest BCUT2D eigenvalue weighted by Gasteiger charge is -2.05. The van der Waals surface area contributed by atoms with Crippen LogP contribution in [0.3, 0.4) is 0 Å². The SMILES string of the molecule is CCOC(=O)CCNC(=O)CSc1ccc([N+](=O)[O-])cc1. The smallest absolute Gasteiger partial charge is 0.307 e. The zero-order valence-electron chi connectivity index (χ0n) is 11.5. The number of hydrogen-bond donors (Lipinski definition) is 1. The van der Waals surface area contributed by atoms with Gasteiger partial charge in [-0.25, -0.2) is 0 Å². The average molecular weight is 312 g/mol. The summed E-state index contributed by atoms with van der Waals surface area (Å²) in [5.74, 6) is -0.371. The second-order valence-electron chi connectivity index (χ2n) is 3.94. The highest BCUT2D eigenvalue weighted by molar-refractivity contribution is 8.00. The first kappa shape index (κ1) is 17.0. The maximum Gasteiger partial charge on any atom is 0.307 e. The Morgan fingerprint density at radius 2 is 2.00 bits per heavy atom. The minimum absolute atomic E-state index is 0.0123. The minimum Gasteiger partial charge on any atom is -0.466 e. The number of non-ortho nitro benzene ring substituents is 1. The quantitative estimate of drug-likeness (QED) is 0.340. The molecular weight excluding hydrogens is 296 g/mol. The Hall–Kier alpha value is -2.09. The summed E-state index contributed by atoms with van der Waals surface area (Å²) in [6.45, 7) is 2.28. The van der Waals surface area contributed by atoms with E-state index in [-0.39, 0.29) is 36.3 Å². The fourth-order valence-corrected chi connectivity index (χ4v) is 2.13. The molecule has 0 aliphatic heterocycles. The van der Waals surface area contributed by atoms with Crippen LogP contribution in [0, 0.1) is 10.1 Å². The van der Waals surface area contributed by atoms with Gasteiger partial charge in [-0.1, -0.05) is 0 Å². The van der Waals surface area contributed by atoms with E-state index in [0.29, 0.717) is 6.61 Å². The third-order valence-electron chi connectivity index (χ3n) is 2.37. The van der Waals surface area contributed by atoms with Crippen LogP contribution in [0.2, 0.25) is 0 Å². The molecule has 0 saturated heterocycles. The zero-order valence-corrected chi connectivity index (χ0v) is 12.4. The molecule has 0 unspecified atom stereocenters. The number of amides is 1. The summed E-state index contributed by atoms with van der Waals surface area (Å²) in [7, 11) is 0. The average Bonchev–Trinajstić information content (AvgIpc) is 2.46. The summed E-state index contributed by atoms with van der Waals surface area (Å²) in [6, 6.07) is 5.96. The van der Waals surface area contributed by atoms with E-state index in [1.54, 1.807) is 19.1 Å². The summed E-state index contributed by atoms with van der Waals surface area (Å²) in [5.41, 5.74) is 0.0123. The van der Waals surface area contributed by atoms with Crippen LogP contribution in [0.1, 0.15) is 13.3 Å². The van der Waals surface area contributed by atoms with E-state index in [1.165, 1.54) is 23.9 Å². The Morgan fingerprint density at radius 1 is 1.33 bits per heavy atom. The van der Waals surface area contributed by atoms with Gasteiger partial charge in [0.15, 0.2) is 0 Å². The number of nitro groups is 1. The molecule has 8 heteroatoms. The van der Waals surface area contributed by atoms with E-state index in [0.717, 1.165) is 4.90 Å². The second-order valence-corrected chi connectivity index (χ2v) is 4.99. The van der Waals surface area contributed by atoms with Crippen molar-refractivity contribution in [2.75, 3.05) is 18.9 Å². The molecule has 1 aromatic rings. The molecule has 0 aliphatic carbocycles. The van der Waals surface area contributed by atoms with Gasteiger partial charge in [0.1, 0.15) is 0 Å². The molecule has 1 rings (SSSR count). The number of thioether (sulfide) groups is 1. The topological polar surface area (TPSA) is 98.5 Å². The summed E-state index contributed by atoms with van der Waals surface area (Å²) in [5, 5.41) is 13.1. The first-order valence-electron chi connectivity index (χ1n) is 6.32. The molecule has 1 N–H and O–H groups in total. The number of carbonyl (C=O) groups excluding carboxylic acids is 2. The van der Waals surface area contributed by atoms with Gasteiger partial charge in [0.05, 0.1) is 23.7 Å². The summed E-state index contributed by atoms with van der Waals surface area (Å²) >= 11 is 1.27. The number of nitro benzene ring substituents is 1. The minimum atomic E-state index is -0.476. The summed E-state index contributed by atoms with van der Waals surface area (Å²) in [4.78, 5) is 33.4. The van der Waals surface area contributed by atoms with Crippen molar-refractivity contribution < 1.29 is 19.2 Å². The van der Waals surface area contributed by atoms with Gasteiger partial charge in [0, 0.05) is 23.6 Å². The lowest BCUT2D eigenvalue weighted by molar-refractivity contribution is -0.384. The second kappa shape index (κ2) is 8.96. The molecule has 114 valence electrons. The van der Waals surface area contributed by atoms with Crippen LogP contribution in [0.15, 0.2) is 29.2 Å². The van der Waals surface area contributed by atoms with Crippen LogP contribution in [-0.4, -0.2) is 35.7 Å². The predicted octanol–water partition coefficient (Wildman–Crippen LogP) is 1.76. The van der Waals surface area contributed by atoms with Crippen molar-refractivity contribution in [1.29, 1.82) is 0 Å².